The van der Waals surface area contributed by atoms with Crippen molar-refractivity contribution >= 4 is 51.4 Å². The van der Waals surface area contributed by atoms with E-state index >= 15 is 0 Å². The van der Waals surface area contributed by atoms with Gasteiger partial charge in [0.15, 0.2) is 0 Å². The van der Waals surface area contributed by atoms with Gasteiger partial charge in [-0.3, -0.25) is 14.4 Å². The van der Waals surface area contributed by atoms with Crippen molar-refractivity contribution in [3.63, 3.8) is 0 Å². The van der Waals surface area contributed by atoms with Crippen LogP contribution < -0.4 is 25.4 Å². The fourth-order valence-corrected chi connectivity index (χ4v) is 5.86. The van der Waals surface area contributed by atoms with Gasteiger partial charge >= 0.3 is 6.03 Å². The van der Waals surface area contributed by atoms with Crippen LogP contribution in [0.25, 0.3) is 0 Å². The van der Waals surface area contributed by atoms with E-state index in [1.165, 1.54) is 6.92 Å². The molecule has 0 saturated carbocycles. The Balaban J connectivity index is 0.00000576. The van der Waals surface area contributed by atoms with Gasteiger partial charge < -0.3 is 20.7 Å². The largest absolute Gasteiger partial charge is 0.457 e. The van der Waals surface area contributed by atoms with E-state index in [1.54, 1.807) is 24.3 Å². The maximum Gasteiger partial charge on any atom is 0.319 e. The summed E-state index contributed by atoms with van der Waals surface area (Å²) in [7, 11) is -3.35. The number of carbonyl (C=O) groups is 2. The van der Waals surface area contributed by atoms with Gasteiger partial charge in [-0.25, -0.2) is 22.0 Å². The van der Waals surface area contributed by atoms with E-state index in [0.717, 1.165) is 56.7 Å². The maximum absolute atomic E-state index is 14.3. The second-order valence-corrected chi connectivity index (χ2v) is 13.0. The highest BCUT2D eigenvalue weighted by atomic mass is 35.5. The molecule has 14 heteroatoms. The number of likely N-dealkylation sites (tertiary alicyclic amines) is 1. The minimum atomic E-state index is -3.35. The highest BCUT2D eigenvalue weighted by Gasteiger charge is 2.29. The SMILES string of the molecule is CCCCC1CC(NC(=O)Nc2cc(NC(C)=O)c(F)cc2F)CCN1Cc1ccc(Oc2ccc(NS(C)(=O)=O)cc2)cc1.Cl. The molecule has 3 aromatic carbocycles. The molecule has 46 heavy (non-hydrogen) atoms. The van der Waals surface area contributed by atoms with Crippen molar-refractivity contribution in [3.05, 3.63) is 77.9 Å². The molecule has 10 nitrogen and oxygen atoms in total. The Morgan fingerprint density at radius 1 is 0.957 bits per heavy atom. The van der Waals surface area contributed by atoms with Crippen molar-refractivity contribution in [1.29, 1.82) is 0 Å². The Hall–Kier alpha value is -3.94. The van der Waals surface area contributed by atoms with Crippen molar-refractivity contribution in [3.8, 4) is 11.5 Å². The van der Waals surface area contributed by atoms with E-state index in [4.69, 9.17) is 4.74 Å². The number of rotatable bonds is 12. The second kappa shape index (κ2) is 16.6. The van der Waals surface area contributed by atoms with Gasteiger partial charge in [-0.1, -0.05) is 31.9 Å². The number of halogens is 3. The highest BCUT2D eigenvalue weighted by molar-refractivity contribution is 7.92. The number of benzene rings is 3. The summed E-state index contributed by atoms with van der Waals surface area (Å²) in [6.07, 6.45) is 5.57. The number of piperidine rings is 1. The molecule has 4 rings (SSSR count). The number of urea groups is 1. The smallest absolute Gasteiger partial charge is 0.319 e. The molecule has 0 bridgehead atoms. The second-order valence-electron chi connectivity index (χ2n) is 11.2. The Morgan fingerprint density at radius 3 is 2.15 bits per heavy atom. The number of anilines is 3. The van der Waals surface area contributed by atoms with Crippen LogP contribution in [0.4, 0.5) is 30.6 Å². The lowest BCUT2D eigenvalue weighted by Crippen LogP contribution is -2.50. The summed E-state index contributed by atoms with van der Waals surface area (Å²) < 4.78 is 59.5. The monoisotopic (exact) mass is 679 g/mol. The van der Waals surface area contributed by atoms with E-state index in [9.17, 15) is 26.8 Å². The molecule has 3 aromatic rings. The zero-order valence-corrected chi connectivity index (χ0v) is 27.6. The molecule has 0 radical (unpaired) electrons. The van der Waals surface area contributed by atoms with Crippen LogP contribution in [0.5, 0.6) is 11.5 Å². The highest BCUT2D eigenvalue weighted by Crippen LogP contribution is 2.28. The fourth-order valence-electron chi connectivity index (χ4n) is 5.29. The van der Waals surface area contributed by atoms with Crippen LogP contribution in [0.2, 0.25) is 0 Å². The molecule has 0 spiro atoms. The molecule has 4 N–H and O–H groups in total. The first-order valence-corrected chi connectivity index (χ1v) is 16.7. The first kappa shape index (κ1) is 36.5. The number of ether oxygens (including phenoxy) is 1. The van der Waals surface area contributed by atoms with Gasteiger partial charge in [-0.15, -0.1) is 12.4 Å². The molecule has 2 unspecified atom stereocenters. The van der Waals surface area contributed by atoms with Crippen molar-refractivity contribution in [1.82, 2.24) is 10.2 Å². The first-order chi connectivity index (χ1) is 21.4. The molecule has 1 fully saturated rings. The van der Waals surface area contributed by atoms with Crippen LogP contribution in [0.15, 0.2) is 60.7 Å². The molecular weight excluding hydrogens is 640 g/mol. The fraction of sp³-hybridized carbons (Fsp3) is 0.375. The maximum atomic E-state index is 14.3. The van der Waals surface area contributed by atoms with Crippen LogP contribution in [-0.4, -0.2) is 50.1 Å². The normalized spacial score (nSPS) is 16.5. The summed E-state index contributed by atoms with van der Waals surface area (Å²) in [4.78, 5) is 26.5. The topological polar surface area (TPSA) is 129 Å². The molecule has 0 aliphatic carbocycles. The standard InChI is InChI=1S/C32H39F2N5O5S.ClH/c1-4-5-6-25-17-24(36-32(41)37-31-19-30(35-21(2)40)28(33)18-29(31)34)15-16-39(25)20-22-7-11-26(12-8-22)44-27-13-9-23(10-14-27)38-45(3,42)43;/h7-14,18-19,24-25,38H,4-6,15-17,20H2,1-3H3,(H,35,40)(H2,36,37,41);1H. The summed E-state index contributed by atoms with van der Waals surface area (Å²) in [5, 5.41) is 7.66. The summed E-state index contributed by atoms with van der Waals surface area (Å²) in [6.45, 7) is 4.83. The van der Waals surface area contributed by atoms with Crippen LogP contribution in [0.1, 0.15) is 51.5 Å². The molecule has 1 aliphatic heterocycles. The van der Waals surface area contributed by atoms with E-state index in [2.05, 4.69) is 32.5 Å². The Kier molecular flexibility index (Phi) is 13.2. The number of nitrogens with one attached hydrogen (secondary N) is 4. The third-order valence-corrected chi connectivity index (χ3v) is 7.99. The van der Waals surface area contributed by atoms with Gasteiger partial charge in [0.25, 0.3) is 0 Å². The molecule has 1 heterocycles. The number of hydrogen-bond acceptors (Lipinski definition) is 6. The lowest BCUT2D eigenvalue weighted by Gasteiger charge is -2.40. The van der Waals surface area contributed by atoms with Crippen LogP contribution >= 0.6 is 12.4 Å². The number of unbranched alkanes of at least 4 members (excludes halogenated alkanes) is 1. The van der Waals surface area contributed by atoms with Gasteiger partial charge in [-0.2, -0.15) is 0 Å². The lowest BCUT2D eigenvalue weighted by atomic mass is 9.93. The van der Waals surface area contributed by atoms with Gasteiger partial charge in [0, 0.05) is 43.9 Å². The minimum Gasteiger partial charge on any atom is -0.457 e. The lowest BCUT2D eigenvalue weighted by molar-refractivity contribution is -0.114. The average Bonchev–Trinajstić information content (AvgIpc) is 2.96. The van der Waals surface area contributed by atoms with Gasteiger partial charge in [0.1, 0.15) is 23.1 Å². The van der Waals surface area contributed by atoms with E-state index < -0.39 is 33.6 Å². The molecule has 2 atom stereocenters. The number of nitrogens with zero attached hydrogens (tertiary/aromatic N) is 1. The van der Waals surface area contributed by atoms with Crippen molar-refractivity contribution in [2.24, 2.45) is 0 Å². The van der Waals surface area contributed by atoms with Crippen molar-refractivity contribution < 1.29 is 31.5 Å². The van der Waals surface area contributed by atoms with Crippen molar-refractivity contribution in [2.75, 3.05) is 28.2 Å². The molecule has 250 valence electrons. The zero-order chi connectivity index (χ0) is 32.6. The third-order valence-electron chi connectivity index (χ3n) is 7.38. The van der Waals surface area contributed by atoms with Crippen LogP contribution in [-0.2, 0) is 21.4 Å². The number of carbonyl (C=O) groups excluding carboxylic acids is 2. The molecule has 1 saturated heterocycles. The third kappa shape index (κ3) is 11.1. The molecule has 0 aromatic heterocycles. The quantitative estimate of drug-likeness (QED) is 0.166. The zero-order valence-electron chi connectivity index (χ0n) is 25.9. The van der Waals surface area contributed by atoms with Crippen LogP contribution in [0.3, 0.4) is 0 Å². The van der Waals surface area contributed by atoms with Gasteiger partial charge in [0.05, 0.1) is 17.6 Å². The summed E-state index contributed by atoms with van der Waals surface area (Å²) >= 11 is 0. The molecule has 3 amide bonds. The Morgan fingerprint density at radius 2 is 1.57 bits per heavy atom. The van der Waals surface area contributed by atoms with Crippen molar-refractivity contribution in [2.45, 2.75) is 64.6 Å². The minimum absolute atomic E-state index is 0. The van der Waals surface area contributed by atoms with E-state index in [1.807, 2.05) is 24.3 Å². The number of hydrogen-bond donors (Lipinski definition) is 4. The number of amides is 3. The predicted octanol–water partition coefficient (Wildman–Crippen LogP) is 6.85. The summed E-state index contributed by atoms with van der Waals surface area (Å²) in [5.74, 6) is -1.16. The van der Waals surface area contributed by atoms with Gasteiger partial charge in [-0.05, 0) is 67.3 Å². The summed E-state index contributed by atoms with van der Waals surface area (Å²) in [5.41, 5.74) is 1.12. The number of sulfonamides is 1. The summed E-state index contributed by atoms with van der Waals surface area (Å²) in [6, 6.07) is 15.6. The molecular formula is C32H40ClF2N5O5S. The Bertz CT molecular complexity index is 1590. The van der Waals surface area contributed by atoms with E-state index in [0.29, 0.717) is 29.7 Å². The molecule has 1 aliphatic rings. The van der Waals surface area contributed by atoms with E-state index in [-0.39, 0.29) is 35.9 Å². The van der Waals surface area contributed by atoms with Crippen LogP contribution in [0, 0.1) is 11.6 Å². The Labute approximate surface area is 274 Å². The first-order valence-electron chi connectivity index (χ1n) is 14.8. The van der Waals surface area contributed by atoms with Gasteiger partial charge in [0.2, 0.25) is 15.9 Å². The predicted molar refractivity (Wildman–Crippen MR) is 178 cm³/mol. The average molecular weight is 680 g/mol.